The number of aromatic nitrogens is 1. The number of amides is 1. The van der Waals surface area contributed by atoms with Gasteiger partial charge in [-0.2, -0.15) is 0 Å². The molecule has 1 heterocycles. The first-order valence-corrected chi connectivity index (χ1v) is 4.94. The van der Waals surface area contributed by atoms with Crippen LogP contribution >= 0.6 is 0 Å². The van der Waals surface area contributed by atoms with E-state index >= 15 is 0 Å². The number of nitrogens with zero attached hydrogens (tertiary/aromatic N) is 1. The SMILES string of the molecule is CCc1ccc2cccc(NC=O)c2n1. The van der Waals surface area contributed by atoms with Crippen LogP contribution in [0.5, 0.6) is 0 Å². The number of rotatable bonds is 3. The third-order valence-electron chi connectivity index (χ3n) is 2.35. The van der Waals surface area contributed by atoms with E-state index in [0.29, 0.717) is 6.41 Å². The number of hydrogen-bond acceptors (Lipinski definition) is 2. The summed E-state index contributed by atoms with van der Waals surface area (Å²) in [6.07, 6.45) is 1.57. The first kappa shape index (κ1) is 9.65. The van der Waals surface area contributed by atoms with Crippen molar-refractivity contribution in [1.29, 1.82) is 0 Å². The van der Waals surface area contributed by atoms with Crippen LogP contribution in [0.3, 0.4) is 0 Å². The van der Waals surface area contributed by atoms with E-state index in [1.807, 2.05) is 30.3 Å². The second kappa shape index (κ2) is 4.09. The van der Waals surface area contributed by atoms with Crippen LogP contribution in [0.4, 0.5) is 5.69 Å². The molecule has 1 amide bonds. The maximum absolute atomic E-state index is 10.4. The highest BCUT2D eigenvalue weighted by atomic mass is 16.1. The highest BCUT2D eigenvalue weighted by Gasteiger charge is 2.01. The minimum Gasteiger partial charge on any atom is -0.327 e. The van der Waals surface area contributed by atoms with Gasteiger partial charge in [0.2, 0.25) is 6.41 Å². The lowest BCUT2D eigenvalue weighted by Gasteiger charge is -2.05. The number of anilines is 1. The van der Waals surface area contributed by atoms with E-state index in [0.717, 1.165) is 28.7 Å². The van der Waals surface area contributed by atoms with Crippen LogP contribution in [-0.2, 0) is 11.2 Å². The maximum Gasteiger partial charge on any atom is 0.211 e. The average molecular weight is 200 g/mol. The van der Waals surface area contributed by atoms with Gasteiger partial charge < -0.3 is 5.32 Å². The quantitative estimate of drug-likeness (QED) is 0.773. The molecule has 0 bridgehead atoms. The molecule has 76 valence electrons. The molecule has 0 saturated heterocycles. The zero-order valence-electron chi connectivity index (χ0n) is 8.53. The lowest BCUT2D eigenvalue weighted by Crippen LogP contribution is -1.97. The molecule has 0 aliphatic carbocycles. The van der Waals surface area contributed by atoms with Crippen LogP contribution in [0.15, 0.2) is 30.3 Å². The molecule has 2 aromatic rings. The summed E-state index contributed by atoms with van der Waals surface area (Å²) < 4.78 is 0. The van der Waals surface area contributed by atoms with Crippen LogP contribution in [0, 0.1) is 0 Å². The van der Waals surface area contributed by atoms with Gasteiger partial charge in [0.05, 0.1) is 11.2 Å². The van der Waals surface area contributed by atoms with Gasteiger partial charge in [-0.05, 0) is 18.6 Å². The third-order valence-corrected chi connectivity index (χ3v) is 2.35. The third kappa shape index (κ3) is 1.81. The van der Waals surface area contributed by atoms with Crippen LogP contribution in [0.25, 0.3) is 10.9 Å². The van der Waals surface area contributed by atoms with Crippen molar-refractivity contribution in [2.75, 3.05) is 5.32 Å². The predicted octanol–water partition coefficient (Wildman–Crippen LogP) is 2.37. The Kier molecular flexibility index (Phi) is 2.63. The monoisotopic (exact) mass is 200 g/mol. The summed E-state index contributed by atoms with van der Waals surface area (Å²) in [7, 11) is 0. The van der Waals surface area contributed by atoms with Crippen LogP contribution in [0.2, 0.25) is 0 Å². The minimum atomic E-state index is 0.676. The molecule has 0 fully saturated rings. The zero-order valence-corrected chi connectivity index (χ0v) is 8.53. The number of carbonyl (C=O) groups is 1. The summed E-state index contributed by atoms with van der Waals surface area (Å²) in [5.74, 6) is 0. The molecule has 1 N–H and O–H groups in total. The summed E-state index contributed by atoms with van der Waals surface area (Å²) in [4.78, 5) is 14.9. The predicted molar refractivity (Wildman–Crippen MR) is 60.8 cm³/mol. The van der Waals surface area contributed by atoms with Crippen molar-refractivity contribution >= 4 is 23.0 Å². The van der Waals surface area contributed by atoms with E-state index in [4.69, 9.17) is 0 Å². The highest BCUT2D eigenvalue weighted by molar-refractivity contribution is 5.94. The van der Waals surface area contributed by atoms with Crippen LogP contribution in [-0.4, -0.2) is 11.4 Å². The fraction of sp³-hybridized carbons (Fsp3) is 0.167. The summed E-state index contributed by atoms with van der Waals surface area (Å²) in [5, 5.41) is 3.70. The van der Waals surface area contributed by atoms with Crippen molar-refractivity contribution in [1.82, 2.24) is 4.98 Å². The van der Waals surface area contributed by atoms with Crippen molar-refractivity contribution in [2.45, 2.75) is 13.3 Å². The number of nitrogens with one attached hydrogen (secondary N) is 1. The Hall–Kier alpha value is -1.90. The number of aryl methyl sites for hydroxylation is 1. The van der Waals surface area contributed by atoms with Gasteiger partial charge >= 0.3 is 0 Å². The zero-order chi connectivity index (χ0) is 10.7. The first-order valence-electron chi connectivity index (χ1n) is 4.94. The molecule has 0 radical (unpaired) electrons. The molecular weight excluding hydrogens is 188 g/mol. The van der Waals surface area contributed by atoms with E-state index in [9.17, 15) is 4.79 Å². The van der Waals surface area contributed by atoms with Gasteiger partial charge in [-0.3, -0.25) is 9.78 Å². The second-order valence-corrected chi connectivity index (χ2v) is 3.30. The number of pyridine rings is 1. The molecule has 1 aromatic carbocycles. The van der Waals surface area contributed by atoms with Gasteiger partial charge in [-0.25, -0.2) is 0 Å². The van der Waals surface area contributed by atoms with Gasteiger partial charge in [0.1, 0.15) is 0 Å². The van der Waals surface area contributed by atoms with Gasteiger partial charge in [-0.15, -0.1) is 0 Å². The molecule has 0 saturated carbocycles. The van der Waals surface area contributed by atoms with Crippen molar-refractivity contribution < 1.29 is 4.79 Å². The lowest BCUT2D eigenvalue weighted by molar-refractivity contribution is -0.105. The summed E-state index contributed by atoms with van der Waals surface area (Å²) in [6, 6.07) is 9.77. The van der Waals surface area contributed by atoms with E-state index in [-0.39, 0.29) is 0 Å². The number of para-hydroxylation sites is 1. The summed E-state index contributed by atoms with van der Waals surface area (Å²) in [5.41, 5.74) is 2.64. The second-order valence-electron chi connectivity index (χ2n) is 3.30. The van der Waals surface area contributed by atoms with Crippen molar-refractivity contribution in [3.05, 3.63) is 36.0 Å². The fourth-order valence-electron chi connectivity index (χ4n) is 1.56. The van der Waals surface area contributed by atoms with Crippen molar-refractivity contribution in [3.8, 4) is 0 Å². The Balaban J connectivity index is 2.64. The fourth-order valence-corrected chi connectivity index (χ4v) is 1.56. The summed E-state index contributed by atoms with van der Waals surface area (Å²) in [6.45, 7) is 2.06. The van der Waals surface area contributed by atoms with Gasteiger partial charge in [-0.1, -0.05) is 25.1 Å². The molecule has 0 aliphatic rings. The smallest absolute Gasteiger partial charge is 0.211 e. The molecule has 1 aromatic heterocycles. The molecule has 3 heteroatoms. The maximum atomic E-state index is 10.4. The van der Waals surface area contributed by atoms with Crippen LogP contribution < -0.4 is 5.32 Å². The number of hydrogen-bond donors (Lipinski definition) is 1. The van der Waals surface area contributed by atoms with Gasteiger partial charge in [0.25, 0.3) is 0 Å². The molecule has 15 heavy (non-hydrogen) atoms. The molecule has 0 spiro atoms. The number of fused-ring (bicyclic) bond motifs is 1. The topological polar surface area (TPSA) is 42.0 Å². The van der Waals surface area contributed by atoms with E-state index in [1.165, 1.54) is 0 Å². The first-order chi connectivity index (χ1) is 7.35. The number of benzene rings is 1. The molecule has 0 unspecified atom stereocenters. The largest absolute Gasteiger partial charge is 0.327 e. The Bertz CT molecular complexity index is 494. The molecular formula is C12H12N2O. The van der Waals surface area contributed by atoms with Gasteiger partial charge in [0.15, 0.2) is 0 Å². The average Bonchev–Trinajstić information content (AvgIpc) is 2.29. The molecule has 0 aliphatic heterocycles. The van der Waals surface area contributed by atoms with E-state index < -0.39 is 0 Å². The Morgan fingerprint density at radius 3 is 2.93 bits per heavy atom. The molecule has 2 rings (SSSR count). The number of carbonyl (C=O) groups excluding carboxylic acids is 1. The van der Waals surface area contributed by atoms with Gasteiger partial charge in [0, 0.05) is 11.1 Å². The van der Waals surface area contributed by atoms with E-state index in [2.05, 4.69) is 17.2 Å². The van der Waals surface area contributed by atoms with Crippen LogP contribution in [0.1, 0.15) is 12.6 Å². The highest BCUT2D eigenvalue weighted by Crippen LogP contribution is 2.21. The van der Waals surface area contributed by atoms with E-state index in [1.54, 1.807) is 0 Å². The lowest BCUT2D eigenvalue weighted by atomic mass is 10.1. The summed E-state index contributed by atoms with van der Waals surface area (Å²) >= 11 is 0. The minimum absolute atomic E-state index is 0.676. The molecule has 0 atom stereocenters. The Labute approximate surface area is 88.1 Å². The van der Waals surface area contributed by atoms with Crippen molar-refractivity contribution in [3.63, 3.8) is 0 Å². The standard InChI is InChI=1S/C12H12N2O/c1-2-10-7-6-9-4-3-5-11(13-8-15)12(9)14-10/h3-8H,2H2,1H3,(H,13,15). The Morgan fingerprint density at radius 1 is 1.33 bits per heavy atom. The Morgan fingerprint density at radius 2 is 2.20 bits per heavy atom. The molecule has 3 nitrogen and oxygen atoms in total. The normalized spacial score (nSPS) is 10.2. The van der Waals surface area contributed by atoms with Crippen molar-refractivity contribution in [2.24, 2.45) is 0 Å².